The molecular weight excluding hydrogens is 180 g/mol. The summed E-state index contributed by atoms with van der Waals surface area (Å²) in [4.78, 5) is 11.6. The molecule has 0 saturated heterocycles. The molecule has 0 aromatic carbocycles. The minimum atomic E-state index is -0.0565. The van der Waals surface area contributed by atoms with E-state index in [0.29, 0.717) is 24.0 Å². The monoisotopic (exact) mass is 202 g/mol. The van der Waals surface area contributed by atoms with Gasteiger partial charge in [-0.2, -0.15) is 12.6 Å². The third kappa shape index (κ3) is 4.70. The van der Waals surface area contributed by atoms with Crippen LogP contribution in [0.3, 0.4) is 0 Å². The van der Waals surface area contributed by atoms with Crippen molar-refractivity contribution in [1.82, 2.24) is 0 Å². The van der Waals surface area contributed by atoms with Gasteiger partial charge in [0.15, 0.2) is 0 Å². The van der Waals surface area contributed by atoms with Gasteiger partial charge in [0.2, 0.25) is 0 Å². The Bertz CT molecular complexity index is 156. The normalized spacial score (nSPS) is 17.9. The zero-order valence-corrected chi connectivity index (χ0v) is 10.1. The van der Waals surface area contributed by atoms with E-state index in [9.17, 15) is 4.79 Å². The molecule has 78 valence electrons. The Morgan fingerprint density at radius 1 is 1.23 bits per heavy atom. The maximum atomic E-state index is 11.6. The highest BCUT2D eigenvalue weighted by molar-refractivity contribution is 7.81. The van der Waals surface area contributed by atoms with Crippen LogP contribution in [0, 0.1) is 11.8 Å². The van der Waals surface area contributed by atoms with Gasteiger partial charge in [0.05, 0.1) is 5.25 Å². The van der Waals surface area contributed by atoms with E-state index >= 15 is 0 Å². The molecule has 0 fully saturated rings. The lowest BCUT2D eigenvalue weighted by atomic mass is 9.94. The van der Waals surface area contributed by atoms with Crippen LogP contribution in [0.25, 0.3) is 0 Å². The van der Waals surface area contributed by atoms with Crippen LogP contribution in [0.1, 0.15) is 47.0 Å². The molecule has 0 heterocycles. The first kappa shape index (κ1) is 13.0. The summed E-state index contributed by atoms with van der Waals surface area (Å²) in [5.74, 6) is 1.22. The highest BCUT2D eigenvalue weighted by Crippen LogP contribution is 2.19. The van der Waals surface area contributed by atoms with Crippen molar-refractivity contribution in [1.29, 1.82) is 0 Å². The first-order chi connectivity index (χ1) is 6.02. The molecule has 0 aromatic rings. The lowest BCUT2D eigenvalue weighted by molar-refractivity contribution is -0.120. The number of carbonyl (C=O) groups excluding carboxylic acids is 1. The lowest BCUT2D eigenvalue weighted by Gasteiger charge is -2.17. The third-order valence-electron chi connectivity index (χ3n) is 2.76. The quantitative estimate of drug-likeness (QED) is 0.654. The molecule has 0 radical (unpaired) electrons. The summed E-state index contributed by atoms with van der Waals surface area (Å²) in [7, 11) is 0. The minimum Gasteiger partial charge on any atom is -0.298 e. The van der Waals surface area contributed by atoms with Crippen molar-refractivity contribution >= 4 is 18.4 Å². The Balaban J connectivity index is 3.96. The number of hydrogen-bond donors (Lipinski definition) is 1. The largest absolute Gasteiger partial charge is 0.298 e. The summed E-state index contributed by atoms with van der Waals surface area (Å²) in [6.45, 7) is 8.43. The van der Waals surface area contributed by atoms with Crippen molar-refractivity contribution in [2.24, 2.45) is 11.8 Å². The van der Waals surface area contributed by atoms with E-state index in [1.165, 1.54) is 0 Å². The number of thiol groups is 1. The van der Waals surface area contributed by atoms with Gasteiger partial charge in [0.25, 0.3) is 0 Å². The number of Topliss-reactive ketones (excluding diaryl/α,β-unsaturated/α-hetero) is 1. The van der Waals surface area contributed by atoms with E-state index in [-0.39, 0.29) is 5.25 Å². The van der Waals surface area contributed by atoms with Crippen LogP contribution in [0.5, 0.6) is 0 Å². The molecule has 3 atom stereocenters. The molecule has 0 bridgehead atoms. The molecule has 0 spiro atoms. The van der Waals surface area contributed by atoms with Crippen LogP contribution in [-0.2, 0) is 4.79 Å². The van der Waals surface area contributed by atoms with Crippen LogP contribution >= 0.6 is 12.6 Å². The predicted molar refractivity (Wildman–Crippen MR) is 61.3 cm³/mol. The van der Waals surface area contributed by atoms with Crippen molar-refractivity contribution in [3.05, 3.63) is 0 Å². The maximum Gasteiger partial charge on any atom is 0.146 e. The van der Waals surface area contributed by atoms with Gasteiger partial charge in [0, 0.05) is 6.42 Å². The van der Waals surface area contributed by atoms with Crippen LogP contribution < -0.4 is 0 Å². The van der Waals surface area contributed by atoms with Gasteiger partial charge in [-0.25, -0.2) is 0 Å². The molecule has 3 unspecified atom stereocenters. The summed E-state index contributed by atoms with van der Waals surface area (Å²) in [5.41, 5.74) is 0. The summed E-state index contributed by atoms with van der Waals surface area (Å²) < 4.78 is 0. The van der Waals surface area contributed by atoms with Crippen molar-refractivity contribution in [3.8, 4) is 0 Å². The van der Waals surface area contributed by atoms with Crippen LogP contribution in [0.4, 0.5) is 0 Å². The second kappa shape index (κ2) is 6.47. The smallest absolute Gasteiger partial charge is 0.146 e. The number of hydrogen-bond acceptors (Lipinski definition) is 2. The van der Waals surface area contributed by atoms with Crippen LogP contribution in [0.15, 0.2) is 0 Å². The predicted octanol–water partition coefficient (Wildman–Crippen LogP) is 3.34. The highest BCUT2D eigenvalue weighted by Gasteiger charge is 2.20. The second-order valence-corrected chi connectivity index (χ2v) is 4.57. The average Bonchev–Trinajstić information content (AvgIpc) is 2.14. The van der Waals surface area contributed by atoms with Gasteiger partial charge in [-0.3, -0.25) is 4.79 Å². The van der Waals surface area contributed by atoms with E-state index < -0.39 is 0 Å². The molecule has 0 rings (SSSR count). The average molecular weight is 202 g/mol. The Morgan fingerprint density at radius 3 is 2.15 bits per heavy atom. The van der Waals surface area contributed by atoms with Gasteiger partial charge in [-0.15, -0.1) is 0 Å². The second-order valence-electron chi connectivity index (χ2n) is 4.01. The summed E-state index contributed by atoms with van der Waals surface area (Å²) in [5, 5.41) is -0.0565. The Morgan fingerprint density at radius 2 is 1.77 bits per heavy atom. The van der Waals surface area contributed by atoms with E-state index in [1.807, 2.05) is 0 Å². The van der Waals surface area contributed by atoms with Gasteiger partial charge in [-0.05, 0) is 11.8 Å². The Kier molecular flexibility index (Phi) is 6.48. The molecule has 0 aromatic heterocycles. The summed E-state index contributed by atoms with van der Waals surface area (Å²) in [6, 6.07) is 0. The first-order valence-corrected chi connectivity index (χ1v) is 5.75. The van der Waals surface area contributed by atoms with Crippen LogP contribution in [0.2, 0.25) is 0 Å². The number of ketones is 1. The topological polar surface area (TPSA) is 17.1 Å². The third-order valence-corrected chi connectivity index (χ3v) is 3.56. The Hall–Kier alpha value is 0.0200. The lowest BCUT2D eigenvalue weighted by Crippen LogP contribution is -2.23. The van der Waals surface area contributed by atoms with Gasteiger partial charge < -0.3 is 0 Å². The van der Waals surface area contributed by atoms with Gasteiger partial charge in [-0.1, -0.05) is 40.5 Å². The van der Waals surface area contributed by atoms with Crippen LogP contribution in [-0.4, -0.2) is 11.0 Å². The number of rotatable bonds is 6. The maximum absolute atomic E-state index is 11.6. The molecule has 0 aliphatic carbocycles. The summed E-state index contributed by atoms with van der Waals surface area (Å²) >= 11 is 4.36. The zero-order valence-electron chi connectivity index (χ0n) is 9.21. The molecular formula is C11H22OS. The van der Waals surface area contributed by atoms with Crippen molar-refractivity contribution in [2.45, 2.75) is 52.2 Å². The Labute approximate surface area is 87.7 Å². The molecule has 2 heteroatoms. The van der Waals surface area contributed by atoms with E-state index in [1.54, 1.807) is 0 Å². The highest BCUT2D eigenvalue weighted by atomic mass is 32.1. The van der Waals surface area contributed by atoms with Crippen molar-refractivity contribution < 1.29 is 4.79 Å². The summed E-state index contributed by atoms with van der Waals surface area (Å²) in [6.07, 6.45) is 2.79. The standard InChI is InChI=1S/C11H22OS/c1-5-8(3)7-10(12)11(13)9(4)6-2/h8-9,11,13H,5-7H2,1-4H3. The molecule has 0 N–H and O–H groups in total. The zero-order chi connectivity index (χ0) is 10.4. The molecule has 0 aliphatic rings. The van der Waals surface area contributed by atoms with E-state index in [0.717, 1.165) is 12.8 Å². The van der Waals surface area contributed by atoms with E-state index in [4.69, 9.17) is 0 Å². The molecule has 1 nitrogen and oxygen atoms in total. The molecule has 0 saturated carbocycles. The molecule has 0 aliphatic heterocycles. The van der Waals surface area contributed by atoms with Crippen molar-refractivity contribution in [2.75, 3.05) is 0 Å². The first-order valence-electron chi connectivity index (χ1n) is 5.23. The van der Waals surface area contributed by atoms with Gasteiger partial charge >= 0.3 is 0 Å². The fraction of sp³-hybridized carbons (Fsp3) is 0.909. The van der Waals surface area contributed by atoms with Crippen molar-refractivity contribution in [3.63, 3.8) is 0 Å². The van der Waals surface area contributed by atoms with Gasteiger partial charge in [0.1, 0.15) is 5.78 Å². The SMILES string of the molecule is CCC(C)CC(=O)C(S)C(C)CC. The number of carbonyl (C=O) groups is 1. The fourth-order valence-electron chi connectivity index (χ4n) is 1.15. The molecule has 0 amide bonds. The van der Waals surface area contributed by atoms with E-state index in [2.05, 4.69) is 40.3 Å². The minimum absolute atomic E-state index is 0.0565. The molecule has 13 heavy (non-hydrogen) atoms. The fourth-order valence-corrected chi connectivity index (χ4v) is 1.47.